The van der Waals surface area contributed by atoms with E-state index < -0.39 is 0 Å². The first-order valence-electron chi connectivity index (χ1n) is 11.8. The Labute approximate surface area is 199 Å². The van der Waals surface area contributed by atoms with Crippen molar-refractivity contribution in [3.63, 3.8) is 0 Å². The summed E-state index contributed by atoms with van der Waals surface area (Å²) in [5.74, 6) is 1.70. The van der Waals surface area contributed by atoms with Crippen molar-refractivity contribution in [1.29, 1.82) is 0 Å². The van der Waals surface area contributed by atoms with Crippen LogP contribution in [-0.2, 0) is 11.2 Å². The zero-order valence-corrected chi connectivity index (χ0v) is 19.3. The second-order valence-corrected chi connectivity index (χ2v) is 8.69. The number of benzene rings is 2. The number of amides is 1. The average molecular weight is 456 g/mol. The van der Waals surface area contributed by atoms with Gasteiger partial charge in [-0.3, -0.25) is 4.79 Å². The fourth-order valence-corrected chi connectivity index (χ4v) is 4.61. The Morgan fingerprint density at radius 2 is 1.97 bits per heavy atom. The molecule has 0 bridgehead atoms. The van der Waals surface area contributed by atoms with Crippen LogP contribution >= 0.6 is 0 Å². The number of methoxy groups -OCH3 is 1. The molecular formula is C27H29N5O2. The van der Waals surface area contributed by atoms with Crippen LogP contribution in [0.25, 0.3) is 22.2 Å². The highest BCUT2D eigenvalue weighted by atomic mass is 16.5. The molecule has 0 unspecified atom stereocenters. The van der Waals surface area contributed by atoms with Gasteiger partial charge in [-0.2, -0.15) is 0 Å². The Morgan fingerprint density at radius 1 is 1.12 bits per heavy atom. The van der Waals surface area contributed by atoms with Crippen LogP contribution in [0.1, 0.15) is 18.4 Å². The molecule has 1 aliphatic rings. The minimum atomic E-state index is -0.0419. The lowest BCUT2D eigenvalue weighted by atomic mass is 9.97. The van der Waals surface area contributed by atoms with Gasteiger partial charge in [-0.15, -0.1) is 10.2 Å². The van der Waals surface area contributed by atoms with Gasteiger partial charge in [-0.1, -0.05) is 18.2 Å². The van der Waals surface area contributed by atoms with Crippen LogP contribution in [-0.4, -0.2) is 47.8 Å². The number of para-hydroxylation sites is 1. The van der Waals surface area contributed by atoms with Crippen LogP contribution < -0.4 is 15.0 Å². The third-order valence-corrected chi connectivity index (χ3v) is 6.52. The molecule has 2 aromatic heterocycles. The second-order valence-electron chi connectivity index (χ2n) is 8.69. The predicted octanol–water partition coefficient (Wildman–Crippen LogP) is 4.21. The summed E-state index contributed by atoms with van der Waals surface area (Å²) in [4.78, 5) is 18.3. The lowest BCUT2D eigenvalue weighted by Gasteiger charge is -2.32. The summed E-state index contributed by atoms with van der Waals surface area (Å²) in [5.41, 5.74) is 4.17. The van der Waals surface area contributed by atoms with Gasteiger partial charge in [-0.05, 0) is 67.3 Å². The Bertz CT molecular complexity index is 1250. The molecule has 0 aliphatic carbocycles. The number of nitrogens with zero attached hydrogens (tertiary/aromatic N) is 3. The molecule has 1 aliphatic heterocycles. The predicted molar refractivity (Wildman–Crippen MR) is 134 cm³/mol. The molecule has 2 aromatic carbocycles. The number of carbonyl (C=O) groups excluding carboxylic acids is 1. The third-order valence-electron chi connectivity index (χ3n) is 6.52. The molecule has 174 valence electrons. The van der Waals surface area contributed by atoms with Crippen molar-refractivity contribution in [1.82, 2.24) is 20.5 Å². The summed E-state index contributed by atoms with van der Waals surface area (Å²) in [6.07, 6.45) is 4.70. The highest BCUT2D eigenvalue weighted by Crippen LogP contribution is 2.25. The number of aromatic amines is 1. The number of rotatable bonds is 7. The number of carbonyl (C=O) groups is 1. The molecule has 34 heavy (non-hydrogen) atoms. The van der Waals surface area contributed by atoms with E-state index in [2.05, 4.69) is 37.5 Å². The Balaban J connectivity index is 1.16. The van der Waals surface area contributed by atoms with Crippen LogP contribution in [0.2, 0.25) is 0 Å². The molecule has 0 spiro atoms. The van der Waals surface area contributed by atoms with E-state index in [-0.39, 0.29) is 11.8 Å². The van der Waals surface area contributed by atoms with E-state index in [1.54, 1.807) is 7.11 Å². The molecule has 1 fully saturated rings. The maximum Gasteiger partial charge on any atom is 0.224 e. The minimum Gasteiger partial charge on any atom is -0.497 e. The summed E-state index contributed by atoms with van der Waals surface area (Å²) in [5, 5.41) is 13.2. The van der Waals surface area contributed by atoms with E-state index >= 15 is 0 Å². The highest BCUT2D eigenvalue weighted by molar-refractivity contribution is 5.83. The Hall–Kier alpha value is -3.87. The molecule has 3 heterocycles. The van der Waals surface area contributed by atoms with E-state index in [1.807, 2.05) is 54.7 Å². The number of fused-ring (bicyclic) bond motifs is 1. The first kappa shape index (κ1) is 21.9. The number of hydrogen-bond acceptors (Lipinski definition) is 5. The van der Waals surface area contributed by atoms with Crippen LogP contribution in [0, 0.1) is 5.92 Å². The number of anilines is 1. The summed E-state index contributed by atoms with van der Waals surface area (Å²) < 4.78 is 5.22. The minimum absolute atomic E-state index is 0.0419. The zero-order valence-electron chi connectivity index (χ0n) is 19.3. The monoisotopic (exact) mass is 455 g/mol. The van der Waals surface area contributed by atoms with Gasteiger partial charge in [0.15, 0.2) is 5.82 Å². The number of piperidine rings is 1. The number of hydrogen-bond donors (Lipinski definition) is 2. The van der Waals surface area contributed by atoms with E-state index in [9.17, 15) is 4.79 Å². The van der Waals surface area contributed by atoms with Crippen molar-refractivity contribution in [3.05, 3.63) is 72.4 Å². The molecule has 1 saturated heterocycles. The van der Waals surface area contributed by atoms with Gasteiger partial charge in [-0.25, -0.2) is 0 Å². The fourth-order valence-electron chi connectivity index (χ4n) is 4.61. The van der Waals surface area contributed by atoms with E-state index in [0.717, 1.165) is 54.1 Å². The van der Waals surface area contributed by atoms with Crippen molar-refractivity contribution in [2.45, 2.75) is 19.3 Å². The van der Waals surface area contributed by atoms with Gasteiger partial charge in [0.1, 0.15) is 5.75 Å². The standard InChI is InChI=1S/C27H29N5O2/c1-34-22-10-8-19(9-11-22)24-12-13-26(31-30-24)32-16-4-5-21(18-32)27(33)28-15-14-20-17-29-25-7-3-2-6-23(20)25/h2-3,6-13,17,21,29H,4-5,14-16,18H2,1H3,(H,28,33)/t21-/m1/s1. The van der Waals surface area contributed by atoms with Crippen LogP contribution in [0.3, 0.4) is 0 Å². The largest absolute Gasteiger partial charge is 0.497 e. The van der Waals surface area contributed by atoms with Crippen LogP contribution in [0.4, 0.5) is 5.82 Å². The maximum absolute atomic E-state index is 12.9. The molecule has 1 amide bonds. The summed E-state index contributed by atoms with van der Waals surface area (Å²) >= 11 is 0. The van der Waals surface area contributed by atoms with Crippen molar-refractivity contribution in [2.24, 2.45) is 5.92 Å². The van der Waals surface area contributed by atoms with Crippen molar-refractivity contribution in [3.8, 4) is 17.0 Å². The van der Waals surface area contributed by atoms with Gasteiger partial charge in [0.2, 0.25) is 5.91 Å². The van der Waals surface area contributed by atoms with Crippen molar-refractivity contribution >= 4 is 22.6 Å². The fraction of sp³-hybridized carbons (Fsp3) is 0.296. The first-order valence-corrected chi connectivity index (χ1v) is 11.8. The van der Waals surface area contributed by atoms with Gasteiger partial charge in [0.25, 0.3) is 0 Å². The van der Waals surface area contributed by atoms with Gasteiger partial charge < -0.3 is 19.9 Å². The zero-order chi connectivity index (χ0) is 23.3. The molecule has 2 N–H and O–H groups in total. The van der Waals surface area contributed by atoms with Gasteiger partial charge >= 0.3 is 0 Å². The molecule has 7 heteroatoms. The number of ether oxygens (including phenoxy) is 1. The van der Waals surface area contributed by atoms with E-state index in [4.69, 9.17) is 4.74 Å². The molecular weight excluding hydrogens is 426 g/mol. The lowest BCUT2D eigenvalue weighted by Crippen LogP contribution is -2.43. The number of aromatic nitrogens is 3. The second kappa shape index (κ2) is 9.95. The van der Waals surface area contributed by atoms with E-state index in [0.29, 0.717) is 13.1 Å². The van der Waals surface area contributed by atoms with Crippen LogP contribution in [0.15, 0.2) is 66.9 Å². The molecule has 5 rings (SSSR count). The lowest BCUT2D eigenvalue weighted by molar-refractivity contribution is -0.125. The highest BCUT2D eigenvalue weighted by Gasteiger charge is 2.26. The average Bonchev–Trinajstić information content (AvgIpc) is 3.32. The smallest absolute Gasteiger partial charge is 0.224 e. The summed E-state index contributed by atoms with van der Waals surface area (Å²) in [6.45, 7) is 2.18. The summed E-state index contributed by atoms with van der Waals surface area (Å²) in [6, 6.07) is 20.0. The normalized spacial score (nSPS) is 15.9. The Morgan fingerprint density at radius 3 is 2.76 bits per heavy atom. The number of H-pyrrole nitrogens is 1. The Kier molecular flexibility index (Phi) is 6.42. The molecule has 7 nitrogen and oxygen atoms in total. The maximum atomic E-state index is 12.9. The number of nitrogens with one attached hydrogen (secondary N) is 2. The third kappa shape index (κ3) is 4.73. The topological polar surface area (TPSA) is 83.1 Å². The molecule has 0 radical (unpaired) electrons. The van der Waals surface area contributed by atoms with Crippen molar-refractivity contribution < 1.29 is 9.53 Å². The van der Waals surface area contributed by atoms with Crippen LogP contribution in [0.5, 0.6) is 5.75 Å². The van der Waals surface area contributed by atoms with Gasteiger partial charge in [0.05, 0.1) is 18.7 Å². The molecule has 1 atom stereocenters. The molecule has 4 aromatic rings. The summed E-state index contributed by atoms with van der Waals surface area (Å²) in [7, 11) is 1.65. The van der Waals surface area contributed by atoms with Gasteiger partial charge in [0, 0.05) is 42.3 Å². The molecule has 0 saturated carbocycles. The SMILES string of the molecule is COc1ccc(-c2ccc(N3CCC[C@@H](C(=O)NCCc4c[nH]c5ccccc45)C3)nn2)cc1. The van der Waals surface area contributed by atoms with E-state index in [1.165, 1.54) is 10.9 Å². The first-order chi connectivity index (χ1) is 16.7. The van der Waals surface area contributed by atoms with Crippen molar-refractivity contribution in [2.75, 3.05) is 31.6 Å². The quantitative estimate of drug-likeness (QED) is 0.436.